The van der Waals surface area contributed by atoms with Gasteiger partial charge in [0.15, 0.2) is 0 Å². The summed E-state index contributed by atoms with van der Waals surface area (Å²) in [7, 11) is -1.88. The van der Waals surface area contributed by atoms with Crippen LogP contribution in [0.1, 0.15) is 24.1 Å². The highest BCUT2D eigenvalue weighted by atomic mass is 32.2. The lowest BCUT2D eigenvalue weighted by Crippen LogP contribution is -2.22. The van der Waals surface area contributed by atoms with Gasteiger partial charge in [0.2, 0.25) is 10.0 Å². The van der Waals surface area contributed by atoms with Crippen molar-refractivity contribution in [3.8, 4) is 5.75 Å². The molecule has 0 fully saturated rings. The van der Waals surface area contributed by atoms with Crippen LogP contribution >= 0.6 is 0 Å². The van der Waals surface area contributed by atoms with Gasteiger partial charge < -0.3 is 4.74 Å². The molecule has 5 nitrogen and oxygen atoms in total. The predicted molar refractivity (Wildman–Crippen MR) is 90.8 cm³/mol. The molecule has 9 heteroatoms. The van der Waals surface area contributed by atoms with E-state index in [9.17, 15) is 21.6 Å². The van der Waals surface area contributed by atoms with Gasteiger partial charge in [0, 0.05) is 12.6 Å². The normalized spacial score (nSPS) is 13.7. The summed E-state index contributed by atoms with van der Waals surface area (Å²) < 4.78 is 62.9. The number of sulfonamides is 1. The van der Waals surface area contributed by atoms with Crippen molar-refractivity contribution in [1.82, 2.24) is 4.90 Å². The molecule has 1 unspecified atom stereocenters. The highest BCUT2D eigenvalue weighted by Crippen LogP contribution is 2.25. The summed E-state index contributed by atoms with van der Waals surface area (Å²) in [5, 5.41) is 5.08. The monoisotopic (exact) mass is 388 g/mol. The first-order chi connectivity index (χ1) is 12.0. The van der Waals surface area contributed by atoms with Gasteiger partial charge in [0.05, 0.1) is 4.90 Å². The van der Waals surface area contributed by atoms with Crippen LogP contribution in [0.4, 0.5) is 13.2 Å². The van der Waals surface area contributed by atoms with E-state index >= 15 is 0 Å². The van der Waals surface area contributed by atoms with Gasteiger partial charge in [-0.25, -0.2) is 13.6 Å². The predicted octanol–water partition coefficient (Wildman–Crippen LogP) is 3.43. The smallest absolute Gasteiger partial charge is 0.406 e. The lowest BCUT2D eigenvalue weighted by Gasteiger charge is -2.25. The van der Waals surface area contributed by atoms with Gasteiger partial charge in [-0.3, -0.25) is 4.90 Å². The van der Waals surface area contributed by atoms with E-state index in [1.807, 2.05) is 18.9 Å². The minimum Gasteiger partial charge on any atom is -0.406 e. The molecule has 0 heterocycles. The Balaban J connectivity index is 2.03. The zero-order valence-corrected chi connectivity index (χ0v) is 15.0. The lowest BCUT2D eigenvalue weighted by atomic mass is 10.1. The highest BCUT2D eigenvalue weighted by Gasteiger charge is 2.30. The number of nitrogens with zero attached hydrogens (tertiary/aromatic N) is 1. The summed E-state index contributed by atoms with van der Waals surface area (Å²) in [6.45, 7) is 2.43. The molecular weight excluding hydrogens is 369 g/mol. The van der Waals surface area contributed by atoms with Crippen LogP contribution in [-0.2, 0) is 16.6 Å². The maximum Gasteiger partial charge on any atom is 0.573 e. The van der Waals surface area contributed by atoms with E-state index in [1.165, 1.54) is 24.3 Å². The number of nitrogens with two attached hydrogens (primary N) is 1. The molecule has 2 aromatic rings. The second kappa shape index (κ2) is 7.65. The molecule has 0 saturated heterocycles. The summed E-state index contributed by atoms with van der Waals surface area (Å²) in [6, 6.07) is 11.9. The maximum absolute atomic E-state index is 12.2. The third-order valence-electron chi connectivity index (χ3n) is 3.94. The van der Waals surface area contributed by atoms with Crippen molar-refractivity contribution in [3.05, 3.63) is 59.7 Å². The molecular formula is C17H19F3N2O3S. The van der Waals surface area contributed by atoms with Crippen molar-refractivity contribution in [2.45, 2.75) is 30.8 Å². The van der Waals surface area contributed by atoms with Gasteiger partial charge in [-0.05, 0) is 49.4 Å². The van der Waals surface area contributed by atoms with Crippen LogP contribution in [0.3, 0.4) is 0 Å². The molecule has 0 bridgehead atoms. The molecule has 0 aliphatic heterocycles. The number of rotatable bonds is 6. The van der Waals surface area contributed by atoms with Gasteiger partial charge in [-0.15, -0.1) is 13.2 Å². The first-order valence-corrected chi connectivity index (χ1v) is 9.18. The van der Waals surface area contributed by atoms with Gasteiger partial charge in [0.1, 0.15) is 5.75 Å². The topological polar surface area (TPSA) is 72.6 Å². The minimum atomic E-state index is -4.71. The Morgan fingerprint density at radius 2 is 1.62 bits per heavy atom. The Morgan fingerprint density at radius 1 is 1.08 bits per heavy atom. The molecule has 0 amide bonds. The standard InChI is InChI=1S/C17H19F3N2O3S/c1-12(14-5-9-16(10-6-14)26(21,23)24)22(2)11-13-3-7-15(8-4-13)25-17(18,19)20/h3-10,12H,11H2,1-2H3,(H2,21,23,24). The third kappa shape index (κ3) is 5.72. The Morgan fingerprint density at radius 3 is 2.08 bits per heavy atom. The molecule has 2 aromatic carbocycles. The van der Waals surface area contributed by atoms with Crippen molar-refractivity contribution in [1.29, 1.82) is 0 Å². The molecule has 26 heavy (non-hydrogen) atoms. The summed E-state index contributed by atoms with van der Waals surface area (Å²) in [4.78, 5) is 2.02. The second-order valence-corrected chi connectivity index (χ2v) is 7.46. The van der Waals surface area contributed by atoms with E-state index in [-0.39, 0.29) is 16.7 Å². The number of hydrogen-bond donors (Lipinski definition) is 1. The number of primary sulfonamides is 1. The average molecular weight is 388 g/mol. The van der Waals surface area contributed by atoms with Gasteiger partial charge in [-0.1, -0.05) is 24.3 Å². The number of ether oxygens (including phenoxy) is 1. The van der Waals surface area contributed by atoms with Crippen molar-refractivity contribution >= 4 is 10.0 Å². The molecule has 0 aliphatic carbocycles. The zero-order valence-electron chi connectivity index (χ0n) is 14.2. The van der Waals surface area contributed by atoms with E-state index in [0.717, 1.165) is 11.1 Å². The Kier molecular flexibility index (Phi) is 5.94. The van der Waals surface area contributed by atoms with E-state index in [0.29, 0.717) is 6.54 Å². The summed E-state index contributed by atoms with van der Waals surface area (Å²) in [5.74, 6) is -0.268. The van der Waals surface area contributed by atoms with Crippen LogP contribution < -0.4 is 9.88 Å². The molecule has 2 rings (SSSR count). The molecule has 0 spiro atoms. The number of halogens is 3. The molecule has 0 aromatic heterocycles. The number of hydrogen-bond acceptors (Lipinski definition) is 4. The van der Waals surface area contributed by atoms with Gasteiger partial charge >= 0.3 is 6.36 Å². The Labute approximate surface area is 150 Å². The van der Waals surface area contributed by atoms with Crippen molar-refractivity contribution in [2.24, 2.45) is 5.14 Å². The van der Waals surface area contributed by atoms with Crippen molar-refractivity contribution < 1.29 is 26.3 Å². The molecule has 0 aliphatic rings. The fourth-order valence-electron chi connectivity index (χ4n) is 2.41. The highest BCUT2D eigenvalue weighted by molar-refractivity contribution is 7.89. The summed E-state index contributed by atoms with van der Waals surface area (Å²) in [5.41, 5.74) is 1.70. The van der Waals surface area contributed by atoms with E-state index in [4.69, 9.17) is 5.14 Å². The molecule has 0 radical (unpaired) electrons. The van der Waals surface area contributed by atoms with Crippen LogP contribution in [0.2, 0.25) is 0 Å². The lowest BCUT2D eigenvalue weighted by molar-refractivity contribution is -0.274. The van der Waals surface area contributed by atoms with Crippen LogP contribution in [0, 0.1) is 0 Å². The fraction of sp³-hybridized carbons (Fsp3) is 0.294. The van der Waals surface area contributed by atoms with Crippen LogP contribution in [0.25, 0.3) is 0 Å². The Hall–Kier alpha value is -2.10. The van der Waals surface area contributed by atoms with Crippen LogP contribution in [0.15, 0.2) is 53.4 Å². The quantitative estimate of drug-likeness (QED) is 0.823. The fourth-order valence-corrected chi connectivity index (χ4v) is 2.93. The van der Waals surface area contributed by atoms with Crippen LogP contribution in [0.5, 0.6) is 5.75 Å². The molecule has 1 atom stereocenters. The number of benzene rings is 2. The second-order valence-electron chi connectivity index (χ2n) is 5.90. The molecule has 142 valence electrons. The van der Waals surface area contributed by atoms with E-state index in [2.05, 4.69) is 4.74 Å². The van der Waals surface area contributed by atoms with E-state index < -0.39 is 16.4 Å². The summed E-state index contributed by atoms with van der Waals surface area (Å²) in [6.07, 6.45) is -4.71. The first kappa shape index (κ1) is 20.2. The maximum atomic E-state index is 12.2. The third-order valence-corrected chi connectivity index (χ3v) is 4.87. The minimum absolute atomic E-state index is 0.0383. The van der Waals surface area contributed by atoms with Crippen molar-refractivity contribution in [3.63, 3.8) is 0 Å². The van der Waals surface area contributed by atoms with Crippen molar-refractivity contribution in [2.75, 3.05) is 7.05 Å². The van der Waals surface area contributed by atoms with Gasteiger partial charge in [-0.2, -0.15) is 0 Å². The Bertz CT molecular complexity index is 835. The summed E-state index contributed by atoms with van der Waals surface area (Å²) >= 11 is 0. The van der Waals surface area contributed by atoms with Crippen LogP contribution in [-0.4, -0.2) is 26.7 Å². The van der Waals surface area contributed by atoms with Gasteiger partial charge in [0.25, 0.3) is 0 Å². The molecule has 0 saturated carbocycles. The zero-order chi connectivity index (χ0) is 19.5. The SMILES string of the molecule is CC(c1ccc(S(N)(=O)=O)cc1)N(C)Cc1ccc(OC(F)(F)F)cc1. The first-order valence-electron chi connectivity index (χ1n) is 7.63. The largest absolute Gasteiger partial charge is 0.573 e. The molecule has 2 N–H and O–H groups in total. The number of alkyl halides is 3. The van der Waals surface area contributed by atoms with E-state index in [1.54, 1.807) is 24.3 Å². The average Bonchev–Trinajstić information content (AvgIpc) is 2.54.